The quantitative estimate of drug-likeness (QED) is 0.567. The molecule has 0 aliphatic carbocycles. The van der Waals surface area contributed by atoms with Crippen molar-refractivity contribution in [3.8, 4) is 0 Å². The smallest absolute Gasteiger partial charge is 0.312 e. The Balaban J connectivity index is 1.97. The van der Waals surface area contributed by atoms with Crippen LogP contribution in [0.2, 0.25) is 0 Å². The number of halogens is 1. The molecule has 24 heavy (non-hydrogen) atoms. The van der Waals surface area contributed by atoms with Crippen molar-refractivity contribution in [1.82, 2.24) is 24.9 Å². The Morgan fingerprint density at radius 2 is 2.21 bits per heavy atom. The van der Waals surface area contributed by atoms with E-state index >= 15 is 0 Å². The van der Waals surface area contributed by atoms with E-state index < -0.39 is 11.0 Å². The zero-order valence-corrected chi connectivity index (χ0v) is 15.3. The molecule has 0 spiro atoms. The van der Waals surface area contributed by atoms with Gasteiger partial charge in [0.2, 0.25) is 5.91 Å². The summed E-state index contributed by atoms with van der Waals surface area (Å²) in [6, 6.07) is -0.397. The Bertz CT molecular complexity index is 754. The van der Waals surface area contributed by atoms with Crippen LogP contribution in [0.4, 0.5) is 5.69 Å². The normalized spacial score (nSPS) is 12.2. The van der Waals surface area contributed by atoms with Gasteiger partial charge in [-0.1, -0.05) is 6.92 Å². The van der Waals surface area contributed by atoms with E-state index in [9.17, 15) is 14.9 Å². The van der Waals surface area contributed by atoms with Crippen molar-refractivity contribution < 1.29 is 9.72 Å². The molecule has 2 aromatic rings. The van der Waals surface area contributed by atoms with Crippen LogP contribution in [0.5, 0.6) is 0 Å². The maximum absolute atomic E-state index is 12.3. The summed E-state index contributed by atoms with van der Waals surface area (Å²) in [5, 5.41) is 22.1. The molecular formula is C14H19BrN6O3. The van der Waals surface area contributed by atoms with E-state index in [1.807, 2.05) is 6.92 Å². The second-order valence-electron chi connectivity index (χ2n) is 5.35. The van der Waals surface area contributed by atoms with Crippen LogP contribution in [0.3, 0.4) is 0 Å². The molecule has 0 saturated carbocycles. The molecular weight excluding hydrogens is 380 g/mol. The Hall–Kier alpha value is -2.23. The van der Waals surface area contributed by atoms with Crippen molar-refractivity contribution in [1.29, 1.82) is 0 Å². The zero-order valence-electron chi connectivity index (χ0n) is 13.7. The predicted octanol–water partition coefficient (Wildman–Crippen LogP) is 2.13. The lowest BCUT2D eigenvalue weighted by Gasteiger charge is -2.15. The molecule has 0 radical (unpaired) electrons. The van der Waals surface area contributed by atoms with Crippen LogP contribution in [0.15, 0.2) is 16.9 Å². The van der Waals surface area contributed by atoms with Gasteiger partial charge in [-0.2, -0.15) is 10.2 Å². The van der Waals surface area contributed by atoms with Gasteiger partial charge in [0.1, 0.15) is 17.4 Å². The molecule has 0 aliphatic heterocycles. The van der Waals surface area contributed by atoms with Gasteiger partial charge in [-0.05, 0) is 36.2 Å². The van der Waals surface area contributed by atoms with Crippen molar-refractivity contribution in [3.63, 3.8) is 0 Å². The number of hydrogen-bond acceptors (Lipinski definition) is 5. The topological polar surface area (TPSA) is 108 Å². The maximum atomic E-state index is 12.3. The van der Waals surface area contributed by atoms with E-state index in [0.29, 0.717) is 30.9 Å². The van der Waals surface area contributed by atoms with Gasteiger partial charge in [0.25, 0.3) is 0 Å². The summed E-state index contributed by atoms with van der Waals surface area (Å²) >= 11 is 3.31. The van der Waals surface area contributed by atoms with Crippen LogP contribution in [0.25, 0.3) is 0 Å². The lowest BCUT2D eigenvalue weighted by Crippen LogP contribution is -2.34. The van der Waals surface area contributed by atoms with Crippen molar-refractivity contribution in [3.05, 3.63) is 38.4 Å². The van der Waals surface area contributed by atoms with E-state index in [-0.39, 0.29) is 11.6 Å². The fourth-order valence-electron chi connectivity index (χ4n) is 2.55. The average molecular weight is 399 g/mol. The van der Waals surface area contributed by atoms with E-state index in [1.54, 1.807) is 35.6 Å². The van der Waals surface area contributed by atoms with Gasteiger partial charge in [-0.25, -0.2) is 0 Å². The van der Waals surface area contributed by atoms with Crippen LogP contribution >= 0.6 is 15.9 Å². The molecule has 2 heterocycles. The Morgan fingerprint density at radius 1 is 1.50 bits per heavy atom. The number of aromatic nitrogens is 4. The summed E-state index contributed by atoms with van der Waals surface area (Å²) in [4.78, 5) is 22.9. The number of hydrogen-bond donors (Lipinski definition) is 1. The third-order valence-corrected chi connectivity index (χ3v) is 4.14. The van der Waals surface area contributed by atoms with Crippen LogP contribution in [-0.4, -0.2) is 36.9 Å². The molecule has 1 unspecified atom stereocenters. The molecule has 9 nitrogen and oxygen atoms in total. The van der Waals surface area contributed by atoms with Gasteiger partial charge < -0.3 is 5.32 Å². The first-order chi connectivity index (χ1) is 11.3. The molecule has 0 aromatic carbocycles. The highest BCUT2D eigenvalue weighted by molar-refractivity contribution is 9.10. The first-order valence-corrected chi connectivity index (χ1v) is 8.30. The van der Waals surface area contributed by atoms with E-state index in [0.717, 1.165) is 4.47 Å². The Kier molecular flexibility index (Phi) is 5.71. The number of nitrogens with one attached hydrogen (secondary N) is 1. The van der Waals surface area contributed by atoms with Gasteiger partial charge >= 0.3 is 5.69 Å². The summed E-state index contributed by atoms with van der Waals surface area (Å²) in [6.07, 6.45) is 3.98. The molecule has 0 aliphatic rings. The monoisotopic (exact) mass is 398 g/mol. The van der Waals surface area contributed by atoms with Crippen molar-refractivity contribution in [2.75, 3.05) is 6.54 Å². The largest absolute Gasteiger partial charge is 0.352 e. The molecule has 2 rings (SSSR count). The minimum absolute atomic E-state index is 0.0224. The number of aryl methyl sites for hydroxylation is 1. The van der Waals surface area contributed by atoms with Crippen LogP contribution < -0.4 is 5.32 Å². The predicted molar refractivity (Wildman–Crippen MR) is 90.6 cm³/mol. The maximum Gasteiger partial charge on any atom is 0.312 e. The molecule has 1 amide bonds. The van der Waals surface area contributed by atoms with Gasteiger partial charge in [-0.15, -0.1) is 0 Å². The summed E-state index contributed by atoms with van der Waals surface area (Å²) in [6.45, 7) is 5.85. The molecule has 0 fully saturated rings. The first kappa shape index (κ1) is 18.1. The minimum atomic E-state index is -0.435. The third-order valence-electron chi connectivity index (χ3n) is 3.73. The van der Waals surface area contributed by atoms with Crippen molar-refractivity contribution in [2.24, 2.45) is 0 Å². The van der Waals surface area contributed by atoms with Crippen LogP contribution in [-0.2, 0) is 11.3 Å². The molecule has 10 heteroatoms. The highest BCUT2D eigenvalue weighted by Crippen LogP contribution is 2.21. The zero-order chi connectivity index (χ0) is 17.9. The summed E-state index contributed by atoms with van der Waals surface area (Å²) in [5.74, 6) is -0.149. The lowest BCUT2D eigenvalue weighted by molar-refractivity contribution is -0.386. The molecule has 130 valence electrons. The molecule has 2 aromatic heterocycles. The molecule has 1 N–H and O–H groups in total. The van der Waals surface area contributed by atoms with E-state index in [4.69, 9.17) is 0 Å². The lowest BCUT2D eigenvalue weighted by atomic mass is 10.2. The summed E-state index contributed by atoms with van der Waals surface area (Å²) in [7, 11) is 0. The summed E-state index contributed by atoms with van der Waals surface area (Å²) < 4.78 is 3.95. The minimum Gasteiger partial charge on any atom is -0.352 e. The number of nitro groups is 1. The van der Waals surface area contributed by atoms with Crippen LogP contribution in [0, 0.1) is 24.0 Å². The number of amides is 1. The highest BCUT2D eigenvalue weighted by Gasteiger charge is 2.22. The fourth-order valence-corrected chi connectivity index (χ4v) is 2.85. The van der Waals surface area contributed by atoms with Gasteiger partial charge in [0, 0.05) is 12.7 Å². The Labute approximate surface area is 147 Å². The molecule has 0 bridgehead atoms. The number of carbonyl (C=O) groups excluding carboxylic acids is 1. The Morgan fingerprint density at radius 3 is 2.71 bits per heavy atom. The number of nitrogens with zero attached hydrogens (tertiary/aromatic N) is 5. The van der Waals surface area contributed by atoms with E-state index in [1.165, 1.54) is 0 Å². The highest BCUT2D eigenvalue weighted by atomic mass is 79.9. The van der Waals surface area contributed by atoms with E-state index in [2.05, 4.69) is 31.4 Å². The standard InChI is InChI=1S/C14H19BrN6O3/c1-4-12(20-8-11(15)7-17-20)14(22)16-5-6-19-10(3)13(21(23)24)9(2)18-19/h7-8,12H,4-6H2,1-3H3,(H,16,22). The second-order valence-corrected chi connectivity index (χ2v) is 6.27. The van der Waals surface area contributed by atoms with Gasteiger partial charge in [0.15, 0.2) is 0 Å². The third kappa shape index (κ3) is 3.81. The van der Waals surface area contributed by atoms with Gasteiger partial charge in [0.05, 0.1) is 22.1 Å². The molecule has 0 saturated heterocycles. The average Bonchev–Trinajstić information content (AvgIpc) is 3.04. The van der Waals surface area contributed by atoms with Gasteiger partial charge in [-0.3, -0.25) is 24.3 Å². The van der Waals surface area contributed by atoms with Crippen molar-refractivity contribution >= 4 is 27.5 Å². The number of rotatable bonds is 7. The first-order valence-electron chi connectivity index (χ1n) is 7.50. The SMILES string of the molecule is CCC(C(=O)NCCn1nc(C)c([N+](=O)[O-])c1C)n1cc(Br)cn1. The number of carbonyl (C=O) groups is 1. The second kappa shape index (κ2) is 7.56. The summed E-state index contributed by atoms with van der Waals surface area (Å²) in [5.41, 5.74) is 0.876. The van der Waals surface area contributed by atoms with Crippen LogP contribution in [0.1, 0.15) is 30.8 Å². The van der Waals surface area contributed by atoms with Crippen molar-refractivity contribution in [2.45, 2.75) is 39.8 Å². The fraction of sp³-hybridized carbons (Fsp3) is 0.500. The molecule has 1 atom stereocenters.